The van der Waals surface area contributed by atoms with Crippen LogP contribution in [0, 0.1) is 19.7 Å². The summed E-state index contributed by atoms with van der Waals surface area (Å²) in [5, 5.41) is 0. The first-order valence-electron chi connectivity index (χ1n) is 11.3. The number of nitrogens with zero attached hydrogens (tertiary/aromatic N) is 5. The summed E-state index contributed by atoms with van der Waals surface area (Å²) < 4.78 is 19.4. The molecule has 0 unspecified atom stereocenters. The number of benzene rings is 1. The van der Waals surface area contributed by atoms with Gasteiger partial charge in [0.05, 0.1) is 25.2 Å². The highest BCUT2D eigenvalue weighted by Crippen LogP contribution is 2.36. The van der Waals surface area contributed by atoms with E-state index in [1.165, 1.54) is 11.8 Å². The summed E-state index contributed by atoms with van der Waals surface area (Å²) in [5.41, 5.74) is 4.84. The third kappa shape index (κ3) is 4.07. The number of piperidine rings is 1. The lowest BCUT2D eigenvalue weighted by Gasteiger charge is -2.34. The summed E-state index contributed by atoms with van der Waals surface area (Å²) in [4.78, 5) is 22.0. The predicted molar refractivity (Wildman–Crippen MR) is 123 cm³/mol. The molecule has 32 heavy (non-hydrogen) atoms. The van der Waals surface area contributed by atoms with Gasteiger partial charge in [-0.3, -0.25) is 0 Å². The molecule has 4 heterocycles. The Morgan fingerprint density at radius 2 is 1.81 bits per heavy atom. The molecule has 0 aliphatic carbocycles. The maximum Gasteiger partial charge on any atom is 0.227 e. The summed E-state index contributed by atoms with van der Waals surface area (Å²) in [6, 6.07) is 5.22. The average Bonchev–Trinajstić information content (AvgIpc) is 3.27. The van der Waals surface area contributed by atoms with E-state index in [-0.39, 0.29) is 5.82 Å². The van der Waals surface area contributed by atoms with E-state index < -0.39 is 0 Å². The third-order valence-corrected chi connectivity index (χ3v) is 6.57. The lowest BCUT2D eigenvalue weighted by molar-refractivity contribution is 0.122. The molecule has 2 aliphatic heterocycles. The number of halogens is 1. The maximum atomic E-state index is 13.9. The van der Waals surface area contributed by atoms with Crippen molar-refractivity contribution in [3.8, 4) is 11.1 Å². The van der Waals surface area contributed by atoms with Crippen LogP contribution >= 0.6 is 0 Å². The molecule has 2 fully saturated rings. The first-order valence-corrected chi connectivity index (χ1v) is 11.3. The zero-order valence-corrected chi connectivity index (χ0v) is 18.6. The van der Waals surface area contributed by atoms with Gasteiger partial charge in [-0.15, -0.1) is 0 Å². The van der Waals surface area contributed by atoms with E-state index in [1.807, 2.05) is 18.3 Å². The Hall–Kier alpha value is -3.00. The van der Waals surface area contributed by atoms with E-state index in [2.05, 4.69) is 31.7 Å². The number of nitrogens with one attached hydrogen (secondary N) is 1. The van der Waals surface area contributed by atoms with Gasteiger partial charge in [0.15, 0.2) is 0 Å². The van der Waals surface area contributed by atoms with Crippen LogP contribution in [-0.4, -0.2) is 59.3 Å². The summed E-state index contributed by atoms with van der Waals surface area (Å²) >= 11 is 0. The Morgan fingerprint density at radius 3 is 2.50 bits per heavy atom. The fraction of sp³-hybridized carbons (Fsp3) is 0.458. The Balaban J connectivity index is 1.46. The topological polar surface area (TPSA) is 70.2 Å². The standard InChI is InChI=1S/C24H29FN6O/c1-16-13-19(3-4-21(16)25)20-14-26-24(31-9-11-32-12-10-31)29-23(20)30-7-5-18(6-8-30)22-17(2)27-15-28-22/h3-4,13-15,18H,5-12H2,1-2H3,(H,27,28). The Bertz CT molecular complexity index is 1090. The number of hydrogen-bond donors (Lipinski definition) is 1. The number of aryl methyl sites for hydroxylation is 2. The van der Waals surface area contributed by atoms with Gasteiger partial charge in [0.25, 0.3) is 0 Å². The molecule has 0 bridgehead atoms. The minimum absolute atomic E-state index is 0.198. The monoisotopic (exact) mass is 436 g/mol. The Labute approximate surface area is 187 Å². The van der Waals surface area contributed by atoms with Crippen LogP contribution in [0.15, 0.2) is 30.7 Å². The number of aromatic amines is 1. The second-order valence-corrected chi connectivity index (χ2v) is 8.64. The van der Waals surface area contributed by atoms with Crippen LogP contribution in [0.3, 0.4) is 0 Å². The van der Waals surface area contributed by atoms with Gasteiger partial charge in [-0.1, -0.05) is 6.07 Å². The van der Waals surface area contributed by atoms with Crippen molar-refractivity contribution in [2.75, 3.05) is 49.2 Å². The first kappa shape index (κ1) is 20.9. The van der Waals surface area contributed by atoms with Crippen molar-refractivity contribution in [2.45, 2.75) is 32.6 Å². The molecule has 2 aromatic heterocycles. The number of morpholine rings is 1. The minimum atomic E-state index is -0.198. The Morgan fingerprint density at radius 1 is 1.03 bits per heavy atom. The van der Waals surface area contributed by atoms with Crippen LogP contribution in [0.1, 0.15) is 35.7 Å². The molecular formula is C24H29FN6O. The van der Waals surface area contributed by atoms with E-state index in [1.54, 1.807) is 13.3 Å². The molecule has 1 aromatic carbocycles. The molecule has 2 aliphatic rings. The molecule has 5 rings (SSSR count). The molecule has 0 spiro atoms. The Kier molecular flexibility index (Phi) is 5.78. The molecule has 0 radical (unpaired) electrons. The van der Waals surface area contributed by atoms with E-state index >= 15 is 0 Å². The zero-order chi connectivity index (χ0) is 22.1. The van der Waals surface area contributed by atoms with Gasteiger partial charge in [-0.05, 0) is 49.9 Å². The summed E-state index contributed by atoms with van der Waals surface area (Å²) in [5.74, 6) is 1.91. The number of H-pyrrole nitrogens is 1. The van der Waals surface area contributed by atoms with Crippen LogP contribution in [-0.2, 0) is 4.74 Å². The van der Waals surface area contributed by atoms with Crippen LogP contribution < -0.4 is 9.80 Å². The predicted octanol–water partition coefficient (Wildman–Crippen LogP) is 3.84. The molecule has 0 saturated carbocycles. The van der Waals surface area contributed by atoms with Crippen molar-refractivity contribution in [1.29, 1.82) is 0 Å². The SMILES string of the molecule is Cc1cc(-c2cnc(N3CCOCC3)nc2N2CCC(c3nc[nH]c3C)CC2)ccc1F. The number of ether oxygens (including phenoxy) is 1. The van der Waals surface area contributed by atoms with Crippen molar-refractivity contribution in [2.24, 2.45) is 0 Å². The largest absolute Gasteiger partial charge is 0.378 e. The summed E-state index contributed by atoms with van der Waals surface area (Å²) in [6.45, 7) is 8.61. The van der Waals surface area contributed by atoms with E-state index in [0.717, 1.165) is 67.6 Å². The molecule has 8 heteroatoms. The van der Waals surface area contributed by atoms with Gasteiger partial charge in [0.2, 0.25) is 5.95 Å². The van der Waals surface area contributed by atoms with Gasteiger partial charge in [0, 0.05) is 49.6 Å². The van der Waals surface area contributed by atoms with E-state index in [4.69, 9.17) is 9.72 Å². The summed E-state index contributed by atoms with van der Waals surface area (Å²) in [6.07, 6.45) is 5.71. The highest BCUT2D eigenvalue weighted by atomic mass is 19.1. The van der Waals surface area contributed by atoms with E-state index in [9.17, 15) is 4.39 Å². The average molecular weight is 437 g/mol. The van der Waals surface area contributed by atoms with Crippen LogP contribution in [0.2, 0.25) is 0 Å². The fourth-order valence-corrected chi connectivity index (χ4v) is 4.68. The molecule has 2 saturated heterocycles. The van der Waals surface area contributed by atoms with Crippen molar-refractivity contribution >= 4 is 11.8 Å². The molecule has 3 aromatic rings. The highest BCUT2D eigenvalue weighted by molar-refractivity contribution is 5.76. The normalized spacial score (nSPS) is 17.7. The molecule has 0 atom stereocenters. The number of imidazole rings is 1. The highest BCUT2D eigenvalue weighted by Gasteiger charge is 2.27. The van der Waals surface area contributed by atoms with Crippen LogP contribution in [0.4, 0.5) is 16.2 Å². The number of hydrogen-bond acceptors (Lipinski definition) is 6. The van der Waals surface area contributed by atoms with Crippen LogP contribution in [0.25, 0.3) is 11.1 Å². The third-order valence-electron chi connectivity index (χ3n) is 6.57. The fourth-order valence-electron chi connectivity index (χ4n) is 4.68. The van der Waals surface area contributed by atoms with Gasteiger partial charge >= 0.3 is 0 Å². The summed E-state index contributed by atoms with van der Waals surface area (Å²) in [7, 11) is 0. The smallest absolute Gasteiger partial charge is 0.227 e. The number of rotatable bonds is 4. The van der Waals surface area contributed by atoms with Gasteiger partial charge < -0.3 is 19.5 Å². The van der Waals surface area contributed by atoms with Crippen molar-refractivity contribution < 1.29 is 9.13 Å². The van der Waals surface area contributed by atoms with Gasteiger partial charge in [0.1, 0.15) is 11.6 Å². The lowest BCUT2D eigenvalue weighted by Crippen LogP contribution is -2.38. The van der Waals surface area contributed by atoms with E-state index in [0.29, 0.717) is 24.7 Å². The van der Waals surface area contributed by atoms with Crippen molar-refractivity contribution in [3.63, 3.8) is 0 Å². The second-order valence-electron chi connectivity index (χ2n) is 8.64. The number of anilines is 2. The number of aromatic nitrogens is 4. The molecule has 7 nitrogen and oxygen atoms in total. The van der Waals surface area contributed by atoms with Crippen molar-refractivity contribution in [1.82, 2.24) is 19.9 Å². The quantitative estimate of drug-likeness (QED) is 0.670. The van der Waals surface area contributed by atoms with Gasteiger partial charge in [-0.2, -0.15) is 4.98 Å². The molecule has 1 N–H and O–H groups in total. The maximum absolute atomic E-state index is 13.9. The second kappa shape index (κ2) is 8.86. The molecule has 168 valence electrons. The lowest BCUT2D eigenvalue weighted by atomic mass is 9.92. The minimum Gasteiger partial charge on any atom is -0.378 e. The zero-order valence-electron chi connectivity index (χ0n) is 18.6. The molecular weight excluding hydrogens is 407 g/mol. The van der Waals surface area contributed by atoms with Crippen LogP contribution in [0.5, 0.6) is 0 Å². The molecule has 0 amide bonds. The first-order chi connectivity index (χ1) is 15.6. The van der Waals surface area contributed by atoms with Gasteiger partial charge in [-0.25, -0.2) is 14.4 Å². The van der Waals surface area contributed by atoms with Crippen molar-refractivity contribution in [3.05, 3.63) is 53.5 Å².